The maximum absolute atomic E-state index is 10.8. The second-order valence-corrected chi connectivity index (χ2v) is 4.00. The van der Waals surface area contributed by atoms with Crippen LogP contribution in [0, 0.1) is 0 Å². The molecule has 90 valence electrons. The first-order valence-corrected chi connectivity index (χ1v) is 4.27. The fourth-order valence-corrected chi connectivity index (χ4v) is 0.716. The quantitative estimate of drug-likeness (QED) is 0.431. The van der Waals surface area contributed by atoms with E-state index in [1.165, 1.54) is 6.92 Å². The number of carbonyl (C=O) groups is 2. The van der Waals surface area contributed by atoms with Crippen LogP contribution in [0.2, 0.25) is 0 Å². The van der Waals surface area contributed by atoms with Crippen molar-refractivity contribution >= 4 is 11.9 Å². The van der Waals surface area contributed by atoms with Gasteiger partial charge in [0.2, 0.25) is 0 Å². The van der Waals surface area contributed by atoms with Crippen LogP contribution in [0.5, 0.6) is 0 Å². The second kappa shape index (κ2) is 6.76. The van der Waals surface area contributed by atoms with Gasteiger partial charge in [-0.15, -0.1) is 5.06 Å². The average molecular weight is 284 g/mol. The number of rotatable bonds is 4. The molecule has 6 nitrogen and oxygen atoms in total. The van der Waals surface area contributed by atoms with Crippen molar-refractivity contribution in [3.63, 3.8) is 0 Å². The number of likely N-dealkylation sites (N-methyl/N-ethyl adjacent to an activating group) is 1. The van der Waals surface area contributed by atoms with E-state index in [0.29, 0.717) is 16.1 Å². The first-order valence-electron chi connectivity index (χ1n) is 4.27. The summed E-state index contributed by atoms with van der Waals surface area (Å²) < 4.78 is 0.685. The first-order chi connectivity index (χ1) is 6.24. The van der Waals surface area contributed by atoms with E-state index in [-0.39, 0.29) is 23.6 Å². The molecule has 0 spiro atoms. The summed E-state index contributed by atoms with van der Waals surface area (Å²) >= 11 is 0. The molecule has 0 aliphatic heterocycles. The monoisotopic (exact) mass is 283 g/mol. The van der Waals surface area contributed by atoms with Gasteiger partial charge in [0.25, 0.3) is 5.91 Å². The Labute approximate surface area is 100 Å². The lowest BCUT2D eigenvalue weighted by atomic mass is 10.5. The van der Waals surface area contributed by atoms with Crippen LogP contribution in [0.4, 0.5) is 4.79 Å². The number of hydrogen-bond acceptors (Lipinski definition) is 3. The van der Waals surface area contributed by atoms with Crippen molar-refractivity contribution in [3.05, 3.63) is 0 Å². The predicted molar refractivity (Wildman–Crippen MR) is 51.0 cm³/mol. The SMILES string of the molecule is CC(=O)N(OCC[N+](C)(C)C)C(N)=O.[Br-]. The van der Waals surface area contributed by atoms with Gasteiger partial charge in [-0.3, -0.25) is 9.63 Å². The van der Waals surface area contributed by atoms with Gasteiger partial charge in [0.05, 0.1) is 21.1 Å². The van der Waals surface area contributed by atoms with Crippen molar-refractivity contribution in [2.24, 2.45) is 5.73 Å². The fourth-order valence-electron chi connectivity index (χ4n) is 0.716. The van der Waals surface area contributed by atoms with Crippen molar-refractivity contribution in [1.29, 1.82) is 0 Å². The molecule has 0 atom stereocenters. The van der Waals surface area contributed by atoms with Crippen LogP contribution in [0.25, 0.3) is 0 Å². The van der Waals surface area contributed by atoms with E-state index in [1.807, 2.05) is 21.1 Å². The molecule has 0 aliphatic carbocycles. The number of urea groups is 1. The molecule has 0 heterocycles. The third-order valence-corrected chi connectivity index (χ3v) is 1.47. The number of nitrogens with two attached hydrogens (primary N) is 1. The van der Waals surface area contributed by atoms with Gasteiger partial charge in [-0.05, 0) is 0 Å². The number of imide groups is 1. The van der Waals surface area contributed by atoms with E-state index in [1.54, 1.807) is 0 Å². The normalized spacial score (nSPS) is 10.4. The molecule has 0 aromatic heterocycles. The Kier molecular flexibility index (Phi) is 7.55. The Balaban J connectivity index is 0. The lowest BCUT2D eigenvalue weighted by Crippen LogP contribution is -3.00. The highest BCUT2D eigenvalue weighted by Gasteiger charge is 2.17. The van der Waals surface area contributed by atoms with Crippen LogP contribution < -0.4 is 22.7 Å². The summed E-state index contributed by atoms with van der Waals surface area (Å²) in [6.07, 6.45) is 0. The highest BCUT2D eigenvalue weighted by Crippen LogP contribution is 1.94. The summed E-state index contributed by atoms with van der Waals surface area (Å²) in [5.41, 5.74) is 4.92. The van der Waals surface area contributed by atoms with Gasteiger partial charge >= 0.3 is 6.03 Å². The summed E-state index contributed by atoms with van der Waals surface area (Å²) in [4.78, 5) is 26.5. The van der Waals surface area contributed by atoms with Crippen LogP contribution in [-0.2, 0) is 9.63 Å². The van der Waals surface area contributed by atoms with Gasteiger partial charge in [-0.2, -0.15) is 0 Å². The van der Waals surface area contributed by atoms with E-state index in [0.717, 1.165) is 0 Å². The van der Waals surface area contributed by atoms with Crippen LogP contribution in [0.15, 0.2) is 0 Å². The van der Waals surface area contributed by atoms with E-state index in [9.17, 15) is 9.59 Å². The molecule has 0 rings (SSSR count). The fraction of sp³-hybridized carbons (Fsp3) is 0.750. The number of halogens is 1. The molecule has 3 amide bonds. The van der Waals surface area contributed by atoms with Gasteiger partial charge in [0.15, 0.2) is 0 Å². The van der Waals surface area contributed by atoms with Gasteiger partial charge in [-0.25, -0.2) is 4.79 Å². The largest absolute Gasteiger partial charge is 1.00 e. The highest BCUT2D eigenvalue weighted by molar-refractivity contribution is 5.90. The van der Waals surface area contributed by atoms with Crippen molar-refractivity contribution in [2.75, 3.05) is 34.3 Å². The number of quaternary nitrogens is 1. The molecule has 2 N–H and O–H groups in total. The topological polar surface area (TPSA) is 72.6 Å². The Morgan fingerprint density at radius 3 is 2.07 bits per heavy atom. The molecule has 0 radical (unpaired) electrons. The molecule has 0 bridgehead atoms. The zero-order chi connectivity index (χ0) is 11.4. The molecule has 0 saturated carbocycles. The maximum atomic E-state index is 10.8. The second-order valence-electron chi connectivity index (χ2n) is 4.00. The van der Waals surface area contributed by atoms with Crippen LogP contribution >= 0.6 is 0 Å². The molecule has 0 aromatic carbocycles. The van der Waals surface area contributed by atoms with Crippen molar-refractivity contribution in [3.8, 4) is 0 Å². The minimum absolute atomic E-state index is 0. The predicted octanol–water partition coefficient (Wildman–Crippen LogP) is -3.44. The summed E-state index contributed by atoms with van der Waals surface area (Å²) in [5.74, 6) is -0.515. The van der Waals surface area contributed by atoms with Gasteiger partial charge in [0, 0.05) is 6.92 Å². The minimum atomic E-state index is -0.890. The highest BCUT2D eigenvalue weighted by atomic mass is 79.9. The molecule has 0 aromatic rings. The lowest BCUT2D eigenvalue weighted by molar-refractivity contribution is -0.871. The maximum Gasteiger partial charge on any atom is 0.346 e. The summed E-state index contributed by atoms with van der Waals surface area (Å²) in [5, 5.41) is 0.565. The molecule has 15 heavy (non-hydrogen) atoms. The first kappa shape index (κ1) is 16.8. The smallest absolute Gasteiger partial charge is 0.346 e. The number of nitrogens with zero attached hydrogens (tertiary/aromatic N) is 2. The number of primary amides is 1. The Hall–Kier alpha value is -0.660. The van der Waals surface area contributed by atoms with E-state index in [2.05, 4.69) is 0 Å². The minimum Gasteiger partial charge on any atom is -1.00 e. The Bertz CT molecular complexity index is 214. The Morgan fingerprint density at radius 1 is 1.33 bits per heavy atom. The molecule has 0 saturated heterocycles. The number of carbonyl (C=O) groups excluding carboxylic acids is 2. The molecule has 0 aliphatic rings. The third kappa shape index (κ3) is 8.34. The molecule has 7 heteroatoms. The van der Waals surface area contributed by atoms with Crippen LogP contribution in [0.3, 0.4) is 0 Å². The van der Waals surface area contributed by atoms with Crippen molar-refractivity contribution in [1.82, 2.24) is 5.06 Å². The van der Waals surface area contributed by atoms with Gasteiger partial charge in [0.1, 0.15) is 13.2 Å². The molecule has 0 fully saturated rings. The number of amides is 3. The van der Waals surface area contributed by atoms with Crippen molar-refractivity contribution in [2.45, 2.75) is 6.92 Å². The molecular weight excluding hydrogens is 266 g/mol. The number of hydroxylamine groups is 2. The summed E-state index contributed by atoms with van der Waals surface area (Å²) in [6, 6.07) is -0.890. The van der Waals surface area contributed by atoms with E-state index >= 15 is 0 Å². The molecule has 0 unspecified atom stereocenters. The standard InChI is InChI=1S/C8H17N3O3.BrH/c1-7(12)10(8(9)13)14-6-5-11(2,3)4;/h5-6H2,1-4H3,(H-,9,13);1H. The van der Waals surface area contributed by atoms with Crippen LogP contribution in [0.1, 0.15) is 6.92 Å². The summed E-state index contributed by atoms with van der Waals surface area (Å²) in [7, 11) is 5.93. The van der Waals surface area contributed by atoms with Gasteiger partial charge < -0.3 is 27.2 Å². The third-order valence-electron chi connectivity index (χ3n) is 1.47. The summed E-state index contributed by atoms with van der Waals surface area (Å²) in [6.45, 7) is 2.17. The van der Waals surface area contributed by atoms with Crippen molar-refractivity contribution < 1.29 is 35.9 Å². The molecular formula is C8H18BrN3O3. The number of hydrogen-bond donors (Lipinski definition) is 1. The van der Waals surface area contributed by atoms with Crippen LogP contribution in [-0.4, -0.2) is 55.8 Å². The average Bonchev–Trinajstić information content (AvgIpc) is 1.94. The van der Waals surface area contributed by atoms with Gasteiger partial charge in [-0.1, -0.05) is 0 Å². The van der Waals surface area contributed by atoms with E-state index < -0.39 is 11.9 Å². The van der Waals surface area contributed by atoms with E-state index in [4.69, 9.17) is 10.6 Å². The zero-order valence-corrected chi connectivity index (χ0v) is 11.1. The Morgan fingerprint density at radius 2 is 1.80 bits per heavy atom. The zero-order valence-electron chi connectivity index (χ0n) is 9.49. The lowest BCUT2D eigenvalue weighted by Gasteiger charge is -2.24.